The van der Waals surface area contributed by atoms with Gasteiger partial charge < -0.3 is 34.0 Å². The summed E-state index contributed by atoms with van der Waals surface area (Å²) in [6, 6.07) is 0. The Morgan fingerprint density at radius 1 is 0.935 bits per heavy atom. The number of nitrogens with zero attached hydrogens (tertiary/aromatic N) is 2. The van der Waals surface area contributed by atoms with Gasteiger partial charge in [-0.1, -0.05) is 6.42 Å². The summed E-state index contributed by atoms with van der Waals surface area (Å²) >= 11 is 0. The number of unbranched alkanes of at least 4 members (excludes halogenated alkanes) is 3. The molecule has 0 aromatic heterocycles. The Bertz CT molecular complexity index is 440. The first-order chi connectivity index (χ1) is 15.1. The average molecular weight is 448 g/mol. The molecule has 0 saturated carbocycles. The van der Waals surface area contributed by atoms with E-state index in [0.717, 1.165) is 82.6 Å². The molecule has 0 radical (unpaired) electrons. The van der Waals surface area contributed by atoms with Crippen molar-refractivity contribution in [2.75, 3.05) is 85.5 Å². The summed E-state index contributed by atoms with van der Waals surface area (Å²) in [6.45, 7) is 11.6. The first kappa shape index (κ1) is 26.9. The Kier molecular flexibility index (Phi) is 13.5. The van der Waals surface area contributed by atoms with Crippen LogP contribution in [-0.4, -0.2) is 128 Å². The monoisotopic (exact) mass is 447 g/mol. The highest BCUT2D eigenvalue weighted by Gasteiger charge is 2.36. The van der Waals surface area contributed by atoms with Crippen molar-refractivity contribution < 1.29 is 34.0 Å². The highest BCUT2D eigenvalue weighted by atomic mass is 16.6. The summed E-state index contributed by atoms with van der Waals surface area (Å²) in [4.78, 5) is 2.31. The lowest BCUT2D eigenvalue weighted by atomic mass is 10.1. The van der Waals surface area contributed by atoms with Crippen LogP contribution >= 0.6 is 0 Å². The molecule has 3 atom stereocenters. The number of aliphatic hydroxyl groups is 3. The fraction of sp³-hybridized carbons (Fsp3) is 1.00. The molecule has 2 saturated heterocycles. The van der Waals surface area contributed by atoms with E-state index in [1.807, 2.05) is 6.92 Å². The molecule has 3 unspecified atom stereocenters. The van der Waals surface area contributed by atoms with E-state index in [4.69, 9.17) is 14.2 Å². The van der Waals surface area contributed by atoms with Gasteiger partial charge in [0.05, 0.1) is 51.7 Å². The molecule has 2 aliphatic heterocycles. The number of aliphatic hydroxyl groups excluding tert-OH is 3. The van der Waals surface area contributed by atoms with Gasteiger partial charge in [-0.05, 0) is 32.7 Å². The third kappa shape index (κ3) is 12.5. The second kappa shape index (κ2) is 15.5. The summed E-state index contributed by atoms with van der Waals surface area (Å²) in [5, 5.41) is 28.9. The van der Waals surface area contributed by atoms with Crippen LogP contribution in [0.5, 0.6) is 0 Å². The van der Waals surface area contributed by atoms with E-state index in [1.54, 1.807) is 0 Å². The molecule has 184 valence electrons. The number of rotatable bonds is 22. The van der Waals surface area contributed by atoms with E-state index in [1.165, 1.54) is 12.8 Å². The Hall–Kier alpha value is -0.320. The number of quaternary nitrogens is 1. The first-order valence-electron chi connectivity index (χ1n) is 12.4. The molecular weight excluding hydrogens is 400 g/mol. The van der Waals surface area contributed by atoms with E-state index in [2.05, 4.69) is 4.90 Å². The summed E-state index contributed by atoms with van der Waals surface area (Å²) in [5.74, 6) is 0. The smallest absolute Gasteiger partial charge is 0.130 e. The number of hydrogen-bond acceptors (Lipinski definition) is 7. The lowest BCUT2D eigenvalue weighted by Crippen LogP contribution is -2.52. The van der Waals surface area contributed by atoms with E-state index in [0.29, 0.717) is 32.0 Å². The van der Waals surface area contributed by atoms with Crippen LogP contribution in [0.1, 0.15) is 45.4 Å². The van der Waals surface area contributed by atoms with Gasteiger partial charge in [0, 0.05) is 45.8 Å². The predicted octanol–water partition coefficient (Wildman–Crippen LogP) is 0.625. The van der Waals surface area contributed by atoms with Gasteiger partial charge in [0.25, 0.3) is 0 Å². The lowest BCUT2D eigenvalue weighted by Gasteiger charge is -2.38. The highest BCUT2D eigenvalue weighted by Crippen LogP contribution is 2.21. The second-order valence-electron chi connectivity index (χ2n) is 9.25. The predicted molar refractivity (Wildman–Crippen MR) is 120 cm³/mol. The quantitative estimate of drug-likeness (QED) is 0.127. The maximum Gasteiger partial charge on any atom is 0.130 e. The summed E-state index contributed by atoms with van der Waals surface area (Å²) in [5.41, 5.74) is 0. The molecule has 8 heteroatoms. The molecule has 0 aromatic carbocycles. The molecule has 2 rings (SSSR count). The van der Waals surface area contributed by atoms with Crippen LogP contribution in [0, 0.1) is 0 Å². The normalized spacial score (nSPS) is 21.6. The van der Waals surface area contributed by atoms with Crippen molar-refractivity contribution in [3.05, 3.63) is 0 Å². The van der Waals surface area contributed by atoms with Crippen molar-refractivity contribution in [3.8, 4) is 0 Å². The van der Waals surface area contributed by atoms with Crippen LogP contribution in [0.3, 0.4) is 0 Å². The Balaban J connectivity index is 1.68. The minimum Gasteiger partial charge on any atom is -0.396 e. The van der Waals surface area contributed by atoms with E-state index in [-0.39, 0.29) is 13.2 Å². The average Bonchev–Trinajstić information content (AvgIpc) is 3.69. The summed E-state index contributed by atoms with van der Waals surface area (Å²) in [6.07, 6.45) is 6.48. The minimum absolute atomic E-state index is 0.223. The molecule has 2 aliphatic rings. The number of ether oxygens (including phenoxy) is 3. The van der Waals surface area contributed by atoms with Crippen LogP contribution in [0.2, 0.25) is 0 Å². The lowest BCUT2D eigenvalue weighted by molar-refractivity contribution is -0.929. The second-order valence-corrected chi connectivity index (χ2v) is 9.25. The van der Waals surface area contributed by atoms with Gasteiger partial charge in [0.15, 0.2) is 0 Å². The van der Waals surface area contributed by atoms with Crippen molar-refractivity contribution in [1.82, 2.24) is 4.90 Å². The Morgan fingerprint density at radius 3 is 2.13 bits per heavy atom. The van der Waals surface area contributed by atoms with Gasteiger partial charge in [-0.2, -0.15) is 0 Å². The molecule has 2 heterocycles. The fourth-order valence-corrected chi connectivity index (χ4v) is 4.49. The zero-order valence-corrected chi connectivity index (χ0v) is 19.6. The first-order valence-corrected chi connectivity index (χ1v) is 12.4. The zero-order chi connectivity index (χ0) is 22.4. The van der Waals surface area contributed by atoms with Gasteiger partial charge in [0.2, 0.25) is 0 Å². The van der Waals surface area contributed by atoms with Crippen LogP contribution in [0.4, 0.5) is 0 Å². The summed E-state index contributed by atoms with van der Waals surface area (Å²) < 4.78 is 17.2. The van der Waals surface area contributed by atoms with Crippen molar-refractivity contribution >= 4 is 0 Å². The van der Waals surface area contributed by atoms with Crippen LogP contribution in [0.15, 0.2) is 0 Å². The number of epoxide rings is 2. The van der Waals surface area contributed by atoms with Crippen molar-refractivity contribution in [2.45, 2.75) is 63.8 Å². The van der Waals surface area contributed by atoms with Gasteiger partial charge >= 0.3 is 0 Å². The van der Waals surface area contributed by atoms with Gasteiger partial charge in [-0.15, -0.1) is 0 Å². The molecule has 0 aliphatic carbocycles. The Morgan fingerprint density at radius 2 is 1.55 bits per heavy atom. The van der Waals surface area contributed by atoms with Gasteiger partial charge in [-0.3, -0.25) is 4.90 Å². The van der Waals surface area contributed by atoms with Crippen LogP contribution < -0.4 is 0 Å². The molecule has 0 spiro atoms. The largest absolute Gasteiger partial charge is 0.396 e. The molecule has 0 amide bonds. The fourth-order valence-electron chi connectivity index (χ4n) is 4.49. The Labute approximate surface area is 188 Å². The summed E-state index contributed by atoms with van der Waals surface area (Å²) in [7, 11) is 0. The molecule has 0 bridgehead atoms. The van der Waals surface area contributed by atoms with Gasteiger partial charge in [-0.25, -0.2) is 0 Å². The van der Waals surface area contributed by atoms with Crippen LogP contribution in [-0.2, 0) is 14.2 Å². The van der Waals surface area contributed by atoms with Crippen molar-refractivity contribution in [2.24, 2.45) is 0 Å². The molecule has 0 aromatic rings. The van der Waals surface area contributed by atoms with Crippen LogP contribution in [0.25, 0.3) is 0 Å². The van der Waals surface area contributed by atoms with Crippen molar-refractivity contribution in [3.63, 3.8) is 0 Å². The minimum atomic E-state index is -0.445. The topological polar surface area (TPSA) is 98.2 Å². The number of hydrogen-bond donors (Lipinski definition) is 3. The molecule has 3 N–H and O–H groups in total. The maximum atomic E-state index is 10.2. The molecule has 31 heavy (non-hydrogen) atoms. The van der Waals surface area contributed by atoms with E-state index >= 15 is 0 Å². The maximum absolute atomic E-state index is 10.2. The SMILES string of the molecule is CCOCC(O)CN(CCCCCC[N+](CCCO)(CCCO)CC1CO1)CC1CO1. The van der Waals surface area contributed by atoms with E-state index in [9.17, 15) is 15.3 Å². The van der Waals surface area contributed by atoms with E-state index < -0.39 is 6.10 Å². The molecule has 2 fully saturated rings. The zero-order valence-electron chi connectivity index (χ0n) is 19.6. The third-order valence-corrected chi connectivity index (χ3v) is 6.28. The standard InChI is InChI=1S/C23H47N2O6/c1-2-29-18-21(28)15-24(16-22-19-30-22)9-5-3-4-6-10-25(11-7-13-26,12-8-14-27)17-23-20-31-23/h21-23,26-28H,2-20H2,1H3/q+1. The molecular formula is C23H47N2O6+. The van der Waals surface area contributed by atoms with Gasteiger partial charge in [0.1, 0.15) is 12.6 Å². The van der Waals surface area contributed by atoms with Crippen molar-refractivity contribution in [1.29, 1.82) is 0 Å². The third-order valence-electron chi connectivity index (χ3n) is 6.28. The highest BCUT2D eigenvalue weighted by molar-refractivity contribution is 4.76. The molecule has 8 nitrogen and oxygen atoms in total.